The predicted molar refractivity (Wildman–Crippen MR) is 82.6 cm³/mol. The highest BCUT2D eigenvalue weighted by Gasteiger charge is 2.33. The van der Waals surface area contributed by atoms with Crippen LogP contribution in [0, 0.1) is 5.92 Å². The molecule has 122 valence electrons. The fraction of sp³-hybridized carbons (Fsp3) is 0.667. The Hall–Kier alpha value is -2.05. The SMILES string of the molecule is [2H]C1(Cn2cccn2)ON=C(CNC(=O)OC(C)(C)C)C1CC. The van der Waals surface area contributed by atoms with E-state index in [1.165, 1.54) is 0 Å². The summed E-state index contributed by atoms with van der Waals surface area (Å²) in [7, 11) is 0. The molecule has 0 fully saturated rings. The van der Waals surface area contributed by atoms with E-state index >= 15 is 0 Å². The monoisotopic (exact) mass is 309 g/mol. The summed E-state index contributed by atoms with van der Waals surface area (Å²) in [5.41, 5.74) is 0.0853. The summed E-state index contributed by atoms with van der Waals surface area (Å²) < 4.78 is 15.4. The molecule has 2 unspecified atom stereocenters. The number of hydrogen-bond donors (Lipinski definition) is 1. The molecule has 1 aliphatic heterocycles. The summed E-state index contributed by atoms with van der Waals surface area (Å²) >= 11 is 0. The number of aromatic nitrogens is 2. The first-order valence-corrected chi connectivity index (χ1v) is 7.43. The summed E-state index contributed by atoms with van der Waals surface area (Å²) in [5.74, 6) is -0.221. The molecule has 0 bridgehead atoms. The predicted octanol–water partition coefficient (Wildman–Crippen LogP) is 2.19. The average molecular weight is 309 g/mol. The molecule has 0 radical (unpaired) electrons. The van der Waals surface area contributed by atoms with Crippen LogP contribution in [0.2, 0.25) is 0 Å². The molecule has 2 rings (SSSR count). The number of alkyl carbamates (subject to hydrolysis) is 1. The van der Waals surface area contributed by atoms with Crippen LogP contribution in [0.25, 0.3) is 0 Å². The van der Waals surface area contributed by atoms with E-state index in [-0.39, 0.29) is 19.0 Å². The Bertz CT molecular complexity index is 568. The van der Waals surface area contributed by atoms with Gasteiger partial charge in [0.05, 0.1) is 20.2 Å². The van der Waals surface area contributed by atoms with Crippen molar-refractivity contribution in [1.29, 1.82) is 0 Å². The molecule has 0 aromatic carbocycles. The molecule has 1 aliphatic rings. The minimum absolute atomic E-state index is 0.202. The summed E-state index contributed by atoms with van der Waals surface area (Å²) in [4.78, 5) is 17.1. The molecular weight excluding hydrogens is 284 g/mol. The second kappa shape index (κ2) is 6.81. The third-order valence-electron chi connectivity index (χ3n) is 3.17. The zero-order valence-corrected chi connectivity index (χ0v) is 13.5. The van der Waals surface area contributed by atoms with Crippen molar-refractivity contribution < 1.29 is 15.7 Å². The van der Waals surface area contributed by atoms with Gasteiger partial charge in [-0.15, -0.1) is 0 Å². The molecule has 0 saturated heterocycles. The van der Waals surface area contributed by atoms with Gasteiger partial charge in [0, 0.05) is 18.3 Å². The lowest BCUT2D eigenvalue weighted by atomic mass is 9.94. The van der Waals surface area contributed by atoms with E-state index in [4.69, 9.17) is 10.9 Å². The van der Waals surface area contributed by atoms with Crippen LogP contribution < -0.4 is 5.32 Å². The van der Waals surface area contributed by atoms with Crippen molar-refractivity contribution in [2.24, 2.45) is 11.1 Å². The Balaban J connectivity index is 1.94. The van der Waals surface area contributed by atoms with E-state index in [2.05, 4.69) is 15.6 Å². The Morgan fingerprint density at radius 1 is 1.59 bits per heavy atom. The Morgan fingerprint density at radius 3 is 2.95 bits per heavy atom. The minimum atomic E-state index is -1.22. The van der Waals surface area contributed by atoms with Crippen LogP contribution in [0.4, 0.5) is 4.79 Å². The molecule has 1 aromatic rings. The number of oxime groups is 1. The van der Waals surface area contributed by atoms with Crippen molar-refractivity contribution in [1.82, 2.24) is 15.1 Å². The molecular formula is C15H24N4O3. The number of amides is 1. The molecule has 2 heterocycles. The second-order valence-electron chi connectivity index (χ2n) is 6.16. The van der Waals surface area contributed by atoms with Crippen molar-refractivity contribution in [3.8, 4) is 0 Å². The molecule has 2 atom stereocenters. The zero-order valence-electron chi connectivity index (χ0n) is 14.5. The number of hydrogen-bond acceptors (Lipinski definition) is 5. The van der Waals surface area contributed by atoms with Crippen molar-refractivity contribution >= 4 is 11.8 Å². The van der Waals surface area contributed by atoms with Crippen LogP contribution in [0.5, 0.6) is 0 Å². The Kier molecular flexibility index (Phi) is 4.60. The van der Waals surface area contributed by atoms with E-state index < -0.39 is 17.8 Å². The van der Waals surface area contributed by atoms with Crippen LogP contribution >= 0.6 is 0 Å². The minimum Gasteiger partial charge on any atom is -0.444 e. The lowest BCUT2D eigenvalue weighted by Gasteiger charge is -2.20. The summed E-state index contributed by atoms with van der Waals surface area (Å²) in [6.07, 6.45) is 2.39. The molecule has 0 saturated carbocycles. The highest BCUT2D eigenvalue weighted by Crippen LogP contribution is 2.23. The van der Waals surface area contributed by atoms with Gasteiger partial charge in [-0.2, -0.15) is 5.10 Å². The number of nitrogens with zero attached hydrogens (tertiary/aromatic N) is 3. The highest BCUT2D eigenvalue weighted by molar-refractivity contribution is 5.91. The fourth-order valence-electron chi connectivity index (χ4n) is 2.22. The standard InChI is InChI=1S/C15H24N4O3/c1-5-11-12(9-16-14(20)21-15(2,3)4)18-22-13(11)10-19-8-6-7-17-19/h6-8,11,13H,5,9-10H2,1-4H3,(H,16,20)/i13D. The van der Waals surface area contributed by atoms with Gasteiger partial charge in [-0.1, -0.05) is 12.1 Å². The van der Waals surface area contributed by atoms with Gasteiger partial charge in [-0.25, -0.2) is 4.79 Å². The molecule has 0 spiro atoms. The highest BCUT2D eigenvalue weighted by atomic mass is 16.6. The maximum absolute atomic E-state index is 11.7. The normalized spacial score (nSPS) is 25.2. The number of nitrogens with one attached hydrogen (secondary N) is 1. The van der Waals surface area contributed by atoms with Crippen molar-refractivity contribution in [3.63, 3.8) is 0 Å². The molecule has 1 amide bonds. The third-order valence-corrected chi connectivity index (χ3v) is 3.17. The van der Waals surface area contributed by atoms with Crippen LogP contribution in [0.15, 0.2) is 23.6 Å². The van der Waals surface area contributed by atoms with Crippen LogP contribution in [0.1, 0.15) is 35.5 Å². The molecule has 22 heavy (non-hydrogen) atoms. The van der Waals surface area contributed by atoms with Crippen molar-refractivity contribution in [3.05, 3.63) is 18.5 Å². The van der Waals surface area contributed by atoms with Crippen molar-refractivity contribution in [2.75, 3.05) is 6.54 Å². The summed E-state index contributed by atoms with van der Waals surface area (Å²) in [6.45, 7) is 7.85. The maximum atomic E-state index is 11.7. The van der Waals surface area contributed by atoms with Gasteiger partial charge in [-0.3, -0.25) is 4.68 Å². The molecule has 1 aromatic heterocycles. The number of rotatable bonds is 5. The first kappa shape index (κ1) is 14.9. The van der Waals surface area contributed by atoms with E-state index in [9.17, 15) is 4.79 Å². The maximum Gasteiger partial charge on any atom is 0.407 e. The number of carbonyl (C=O) groups excluding carboxylic acids is 1. The van der Waals surface area contributed by atoms with Gasteiger partial charge in [0.1, 0.15) is 5.60 Å². The van der Waals surface area contributed by atoms with E-state index in [0.29, 0.717) is 12.1 Å². The summed E-state index contributed by atoms with van der Waals surface area (Å²) in [6, 6.07) is 1.80. The largest absolute Gasteiger partial charge is 0.444 e. The molecule has 1 N–H and O–H groups in total. The van der Waals surface area contributed by atoms with Gasteiger partial charge in [0.25, 0.3) is 0 Å². The quantitative estimate of drug-likeness (QED) is 0.904. The van der Waals surface area contributed by atoms with E-state index in [1.54, 1.807) is 43.9 Å². The third kappa shape index (κ3) is 4.47. The first-order chi connectivity index (χ1) is 10.7. The molecule has 7 heteroatoms. The molecule has 0 aliphatic carbocycles. The zero-order chi connectivity index (χ0) is 17.1. The van der Waals surface area contributed by atoms with Crippen molar-refractivity contribution in [2.45, 2.75) is 52.3 Å². The van der Waals surface area contributed by atoms with Crippen LogP contribution in [-0.2, 0) is 16.1 Å². The number of carbonyl (C=O) groups is 1. The lowest BCUT2D eigenvalue weighted by molar-refractivity contribution is 0.0454. The van der Waals surface area contributed by atoms with Gasteiger partial charge >= 0.3 is 6.09 Å². The molecule has 7 nitrogen and oxygen atoms in total. The fourth-order valence-corrected chi connectivity index (χ4v) is 2.22. The Labute approximate surface area is 132 Å². The van der Waals surface area contributed by atoms with Gasteiger partial charge < -0.3 is 14.9 Å². The van der Waals surface area contributed by atoms with Crippen LogP contribution in [-0.4, -0.2) is 39.8 Å². The number of ether oxygens (including phenoxy) is 1. The lowest BCUT2D eigenvalue weighted by Crippen LogP contribution is -2.38. The van der Waals surface area contributed by atoms with Gasteiger partial charge in [0.2, 0.25) is 0 Å². The summed E-state index contributed by atoms with van der Waals surface area (Å²) in [5, 5.41) is 10.8. The average Bonchev–Trinajstić information content (AvgIpc) is 3.02. The van der Waals surface area contributed by atoms with E-state index in [1.807, 2.05) is 6.92 Å². The first-order valence-electron chi connectivity index (χ1n) is 7.93. The Morgan fingerprint density at radius 2 is 2.36 bits per heavy atom. The second-order valence-corrected chi connectivity index (χ2v) is 6.16. The van der Waals surface area contributed by atoms with Gasteiger partial charge in [0.15, 0.2) is 6.08 Å². The van der Waals surface area contributed by atoms with Crippen LogP contribution in [0.3, 0.4) is 0 Å². The van der Waals surface area contributed by atoms with E-state index in [0.717, 1.165) is 0 Å². The smallest absolute Gasteiger partial charge is 0.407 e. The topological polar surface area (TPSA) is 77.7 Å². The van der Waals surface area contributed by atoms with Gasteiger partial charge in [-0.05, 0) is 33.3 Å².